The highest BCUT2D eigenvalue weighted by atomic mass is 16.5. The van der Waals surface area contributed by atoms with Gasteiger partial charge in [0.15, 0.2) is 0 Å². The Labute approximate surface area is 161 Å². The van der Waals surface area contributed by atoms with Crippen LogP contribution in [0.3, 0.4) is 0 Å². The van der Waals surface area contributed by atoms with Gasteiger partial charge in [0.05, 0.1) is 7.11 Å². The van der Waals surface area contributed by atoms with Crippen molar-refractivity contribution < 1.29 is 14.3 Å². The molecule has 27 heavy (non-hydrogen) atoms. The van der Waals surface area contributed by atoms with E-state index >= 15 is 0 Å². The van der Waals surface area contributed by atoms with Gasteiger partial charge < -0.3 is 14.4 Å². The molecule has 0 aliphatic carbocycles. The Kier molecular flexibility index (Phi) is 6.71. The maximum absolute atomic E-state index is 12.6. The normalized spacial score (nSPS) is 14.8. The van der Waals surface area contributed by atoms with Gasteiger partial charge in [0.25, 0.3) is 5.91 Å². The molecule has 0 atom stereocenters. The molecule has 2 aromatic rings. The maximum Gasteiger partial charge on any atom is 0.253 e. The zero-order valence-corrected chi connectivity index (χ0v) is 16.2. The van der Waals surface area contributed by atoms with Gasteiger partial charge in [-0.05, 0) is 48.4 Å². The molecule has 0 unspecified atom stereocenters. The topological polar surface area (TPSA) is 42.0 Å². The molecule has 1 saturated heterocycles. The molecule has 0 spiro atoms. The number of rotatable bonds is 7. The zero-order valence-electron chi connectivity index (χ0n) is 16.2. The smallest absolute Gasteiger partial charge is 0.253 e. The molecule has 1 aliphatic rings. The summed E-state index contributed by atoms with van der Waals surface area (Å²) in [5, 5.41) is 0. The average molecular weight is 368 g/mol. The first-order valence-electron chi connectivity index (χ1n) is 9.57. The molecular weight excluding hydrogens is 340 g/mol. The lowest BCUT2D eigenvalue weighted by molar-refractivity contribution is 0.0620. The predicted molar refractivity (Wildman–Crippen MR) is 107 cm³/mol. The van der Waals surface area contributed by atoms with Gasteiger partial charge in [0.2, 0.25) is 0 Å². The highest BCUT2D eigenvalue weighted by Crippen LogP contribution is 2.17. The molecule has 0 radical (unpaired) electrons. The van der Waals surface area contributed by atoms with Crippen LogP contribution >= 0.6 is 0 Å². The summed E-state index contributed by atoms with van der Waals surface area (Å²) in [6.07, 6.45) is 0.992. The van der Waals surface area contributed by atoms with Crippen LogP contribution in [0, 0.1) is 0 Å². The number of methoxy groups -OCH3 is 1. The fraction of sp³-hybridized carbons (Fsp3) is 0.409. The summed E-state index contributed by atoms with van der Waals surface area (Å²) in [5.74, 6) is 1.80. The van der Waals surface area contributed by atoms with E-state index in [0.717, 1.165) is 56.2 Å². The Bertz CT molecular complexity index is 720. The minimum absolute atomic E-state index is 0.131. The van der Waals surface area contributed by atoms with Gasteiger partial charge in [-0.15, -0.1) is 0 Å². The molecule has 1 fully saturated rings. The van der Waals surface area contributed by atoms with Gasteiger partial charge in [-0.3, -0.25) is 9.69 Å². The number of carbonyl (C=O) groups is 1. The van der Waals surface area contributed by atoms with E-state index in [1.54, 1.807) is 7.11 Å². The van der Waals surface area contributed by atoms with Crippen molar-refractivity contribution in [2.24, 2.45) is 0 Å². The number of ether oxygens (including phenoxy) is 2. The van der Waals surface area contributed by atoms with E-state index in [0.29, 0.717) is 6.61 Å². The largest absolute Gasteiger partial charge is 0.497 e. The average Bonchev–Trinajstić information content (AvgIpc) is 2.74. The quantitative estimate of drug-likeness (QED) is 0.753. The van der Waals surface area contributed by atoms with Gasteiger partial charge in [-0.1, -0.05) is 19.1 Å². The van der Waals surface area contributed by atoms with Crippen LogP contribution in [-0.2, 0) is 6.42 Å². The minimum atomic E-state index is 0.131. The third-order valence-electron chi connectivity index (χ3n) is 5.00. The van der Waals surface area contributed by atoms with E-state index in [9.17, 15) is 4.79 Å². The highest BCUT2D eigenvalue weighted by molar-refractivity contribution is 5.94. The number of amides is 1. The summed E-state index contributed by atoms with van der Waals surface area (Å²) in [7, 11) is 1.65. The van der Waals surface area contributed by atoms with Gasteiger partial charge in [-0.2, -0.15) is 0 Å². The van der Waals surface area contributed by atoms with Crippen molar-refractivity contribution in [2.45, 2.75) is 13.3 Å². The second-order valence-corrected chi connectivity index (χ2v) is 6.71. The van der Waals surface area contributed by atoms with Crippen molar-refractivity contribution in [3.8, 4) is 11.5 Å². The summed E-state index contributed by atoms with van der Waals surface area (Å²) in [4.78, 5) is 16.9. The lowest BCUT2D eigenvalue weighted by atomic mass is 10.1. The highest BCUT2D eigenvalue weighted by Gasteiger charge is 2.21. The number of nitrogens with zero attached hydrogens (tertiary/aromatic N) is 2. The number of benzene rings is 2. The molecule has 2 aromatic carbocycles. The summed E-state index contributed by atoms with van der Waals surface area (Å²) in [5.41, 5.74) is 2.04. The third-order valence-corrected chi connectivity index (χ3v) is 5.00. The fourth-order valence-electron chi connectivity index (χ4n) is 3.20. The number of carbonyl (C=O) groups excluding carboxylic acids is 1. The maximum atomic E-state index is 12.6. The van der Waals surface area contributed by atoms with Gasteiger partial charge in [0, 0.05) is 38.3 Å². The van der Waals surface area contributed by atoms with Crippen LogP contribution in [-0.4, -0.2) is 62.1 Å². The van der Waals surface area contributed by atoms with Gasteiger partial charge in [-0.25, -0.2) is 0 Å². The van der Waals surface area contributed by atoms with Crippen LogP contribution in [0.4, 0.5) is 0 Å². The molecule has 1 aliphatic heterocycles. The second kappa shape index (κ2) is 9.42. The molecule has 144 valence electrons. The van der Waals surface area contributed by atoms with Crippen molar-refractivity contribution >= 4 is 5.91 Å². The molecule has 0 N–H and O–H groups in total. The van der Waals surface area contributed by atoms with Crippen LogP contribution in [0.25, 0.3) is 0 Å². The van der Waals surface area contributed by atoms with Gasteiger partial charge in [0.1, 0.15) is 18.1 Å². The first-order valence-corrected chi connectivity index (χ1v) is 9.57. The van der Waals surface area contributed by atoms with Crippen molar-refractivity contribution in [1.29, 1.82) is 0 Å². The van der Waals surface area contributed by atoms with E-state index in [1.165, 1.54) is 5.56 Å². The monoisotopic (exact) mass is 368 g/mol. The number of piperazine rings is 1. The molecule has 5 nitrogen and oxygen atoms in total. The number of hydrogen-bond acceptors (Lipinski definition) is 4. The Morgan fingerprint density at radius 1 is 0.926 bits per heavy atom. The lowest BCUT2D eigenvalue weighted by Crippen LogP contribution is -2.49. The minimum Gasteiger partial charge on any atom is -0.497 e. The number of aryl methyl sites for hydroxylation is 1. The summed E-state index contributed by atoms with van der Waals surface area (Å²) in [6.45, 7) is 6.90. The van der Waals surface area contributed by atoms with Crippen LogP contribution in [0.15, 0.2) is 48.5 Å². The molecule has 5 heteroatoms. The summed E-state index contributed by atoms with van der Waals surface area (Å²) < 4.78 is 10.9. The first kappa shape index (κ1) is 19.2. The summed E-state index contributed by atoms with van der Waals surface area (Å²) in [6, 6.07) is 15.6. The van der Waals surface area contributed by atoms with Crippen LogP contribution in [0.1, 0.15) is 22.8 Å². The molecule has 0 bridgehead atoms. The summed E-state index contributed by atoms with van der Waals surface area (Å²) >= 11 is 0. The molecule has 1 amide bonds. The Morgan fingerprint density at radius 2 is 1.56 bits per heavy atom. The zero-order chi connectivity index (χ0) is 19.1. The van der Waals surface area contributed by atoms with E-state index in [2.05, 4.69) is 11.8 Å². The fourth-order valence-corrected chi connectivity index (χ4v) is 3.20. The lowest BCUT2D eigenvalue weighted by Gasteiger charge is -2.34. The van der Waals surface area contributed by atoms with Gasteiger partial charge >= 0.3 is 0 Å². The first-order chi connectivity index (χ1) is 13.2. The Hall–Kier alpha value is -2.53. The van der Waals surface area contributed by atoms with Crippen molar-refractivity contribution in [1.82, 2.24) is 9.80 Å². The Morgan fingerprint density at radius 3 is 2.15 bits per heavy atom. The molecule has 0 saturated carbocycles. The standard InChI is InChI=1S/C22H28N2O3/c1-3-18-4-6-19(7-5-18)22(25)24-14-12-23(13-15-24)16-17-27-21-10-8-20(26-2)9-11-21/h4-11H,3,12-17H2,1-2H3. The third kappa shape index (κ3) is 5.23. The van der Waals surface area contributed by atoms with E-state index in [-0.39, 0.29) is 5.91 Å². The van der Waals surface area contributed by atoms with Crippen molar-refractivity contribution in [2.75, 3.05) is 46.4 Å². The van der Waals surface area contributed by atoms with E-state index < -0.39 is 0 Å². The molecule has 0 aromatic heterocycles. The van der Waals surface area contributed by atoms with Crippen molar-refractivity contribution in [3.63, 3.8) is 0 Å². The van der Waals surface area contributed by atoms with Crippen molar-refractivity contribution in [3.05, 3.63) is 59.7 Å². The Balaban J connectivity index is 1.40. The molecule has 3 rings (SSSR count). The van der Waals surface area contributed by atoms with E-state index in [4.69, 9.17) is 9.47 Å². The van der Waals surface area contributed by atoms with Crippen LogP contribution < -0.4 is 9.47 Å². The SMILES string of the molecule is CCc1ccc(C(=O)N2CCN(CCOc3ccc(OC)cc3)CC2)cc1. The predicted octanol–water partition coefficient (Wildman–Crippen LogP) is 3.09. The van der Waals surface area contributed by atoms with E-state index in [1.807, 2.05) is 53.4 Å². The molecule has 1 heterocycles. The van der Waals surface area contributed by atoms with Crippen LogP contribution in [0.2, 0.25) is 0 Å². The number of hydrogen-bond donors (Lipinski definition) is 0. The van der Waals surface area contributed by atoms with Crippen LogP contribution in [0.5, 0.6) is 11.5 Å². The second-order valence-electron chi connectivity index (χ2n) is 6.71. The molecular formula is C22H28N2O3.